The molecule has 12 heavy (non-hydrogen) atoms. The first-order chi connectivity index (χ1) is 5.64. The molecule has 0 heterocycles. The molecular weight excluding hydrogens is 150 g/mol. The first-order valence-electron chi connectivity index (χ1n) is 5.11. The van der Waals surface area contributed by atoms with Gasteiger partial charge in [-0.1, -0.05) is 27.7 Å². The molecule has 1 atom stereocenters. The highest BCUT2D eigenvalue weighted by Gasteiger charge is 2.31. The first-order valence-corrected chi connectivity index (χ1v) is 5.11. The maximum atomic E-state index is 10.2. The van der Waals surface area contributed by atoms with Gasteiger partial charge in [-0.15, -0.1) is 0 Å². The second-order valence-corrected chi connectivity index (χ2v) is 3.32. The lowest BCUT2D eigenvalue weighted by Crippen LogP contribution is -2.50. The Morgan fingerprint density at radius 2 is 1.67 bits per heavy atom. The number of hydrogen-bond acceptors (Lipinski definition) is 2. The molecule has 74 valence electrons. The molecule has 0 amide bonds. The maximum Gasteiger partial charge on any atom is 0.118 e. The molecule has 1 unspecified atom stereocenters. The smallest absolute Gasteiger partial charge is 0.118 e. The molecule has 0 aromatic heterocycles. The number of nitrogens with one attached hydrogen (secondary N) is 1. The second-order valence-electron chi connectivity index (χ2n) is 3.32. The van der Waals surface area contributed by atoms with E-state index in [1.807, 2.05) is 13.8 Å². The normalized spacial score (nSPS) is 16.5. The van der Waals surface area contributed by atoms with Crippen molar-refractivity contribution in [2.75, 3.05) is 6.54 Å². The van der Waals surface area contributed by atoms with Crippen molar-refractivity contribution in [3.63, 3.8) is 0 Å². The van der Waals surface area contributed by atoms with E-state index in [2.05, 4.69) is 19.2 Å². The molecule has 2 N–H and O–H groups in total. The van der Waals surface area contributed by atoms with Crippen LogP contribution in [-0.2, 0) is 0 Å². The predicted octanol–water partition coefficient (Wildman–Crippen LogP) is 2.13. The minimum absolute atomic E-state index is 0.377. The summed E-state index contributed by atoms with van der Waals surface area (Å²) in [6.07, 6.45) is 2.86. The third-order valence-corrected chi connectivity index (χ3v) is 2.68. The molecule has 0 rings (SSSR count). The fraction of sp³-hybridized carbons (Fsp3) is 1.00. The summed E-state index contributed by atoms with van der Waals surface area (Å²) < 4.78 is 0. The highest BCUT2D eigenvalue weighted by molar-refractivity contribution is 4.80. The molecule has 0 bridgehead atoms. The third kappa shape index (κ3) is 2.76. The largest absolute Gasteiger partial charge is 0.376 e. The zero-order chi connectivity index (χ0) is 9.61. The van der Waals surface area contributed by atoms with Crippen LogP contribution in [0.3, 0.4) is 0 Å². The van der Waals surface area contributed by atoms with Crippen molar-refractivity contribution in [2.45, 2.75) is 52.7 Å². The Kier molecular flexibility index (Phi) is 5.51. The van der Waals surface area contributed by atoms with Gasteiger partial charge in [-0.05, 0) is 25.8 Å². The molecular formula is C10H23NO. The molecule has 0 saturated heterocycles. The van der Waals surface area contributed by atoms with Crippen LogP contribution in [0, 0.1) is 5.92 Å². The van der Waals surface area contributed by atoms with Gasteiger partial charge in [0.1, 0.15) is 5.72 Å². The summed E-state index contributed by atoms with van der Waals surface area (Å²) in [7, 11) is 0. The minimum Gasteiger partial charge on any atom is -0.376 e. The van der Waals surface area contributed by atoms with Crippen LogP contribution in [0.5, 0.6) is 0 Å². The number of aliphatic hydroxyl groups is 1. The quantitative estimate of drug-likeness (QED) is 0.603. The standard InChI is InChI=1S/C10H23NO/c1-5-9(6-2)10(12,7-3)11-8-4/h9,11-12H,5-8H2,1-4H3. The highest BCUT2D eigenvalue weighted by atomic mass is 16.3. The van der Waals surface area contributed by atoms with E-state index >= 15 is 0 Å². The average molecular weight is 173 g/mol. The SMILES string of the molecule is CCNC(O)(CC)C(CC)CC. The summed E-state index contributed by atoms with van der Waals surface area (Å²) in [6.45, 7) is 9.16. The molecule has 0 spiro atoms. The first kappa shape index (κ1) is 11.9. The Labute approximate surface area is 76.4 Å². The van der Waals surface area contributed by atoms with Crippen molar-refractivity contribution in [1.29, 1.82) is 0 Å². The van der Waals surface area contributed by atoms with Gasteiger partial charge in [-0.25, -0.2) is 0 Å². The lowest BCUT2D eigenvalue weighted by molar-refractivity contribution is -0.0547. The Balaban J connectivity index is 4.24. The molecule has 2 heteroatoms. The van der Waals surface area contributed by atoms with E-state index in [9.17, 15) is 5.11 Å². The summed E-state index contributed by atoms with van der Waals surface area (Å²) in [5, 5.41) is 13.3. The van der Waals surface area contributed by atoms with Gasteiger partial charge in [-0.3, -0.25) is 5.32 Å². The van der Waals surface area contributed by atoms with Crippen molar-refractivity contribution in [3.05, 3.63) is 0 Å². The zero-order valence-electron chi connectivity index (χ0n) is 8.85. The van der Waals surface area contributed by atoms with Gasteiger partial charge < -0.3 is 5.11 Å². The van der Waals surface area contributed by atoms with E-state index in [1.54, 1.807) is 0 Å². The Bertz CT molecular complexity index is 112. The maximum absolute atomic E-state index is 10.2. The Morgan fingerprint density at radius 3 is 1.92 bits per heavy atom. The van der Waals surface area contributed by atoms with Crippen LogP contribution in [0.1, 0.15) is 47.0 Å². The van der Waals surface area contributed by atoms with E-state index in [0.29, 0.717) is 5.92 Å². The van der Waals surface area contributed by atoms with Crippen LogP contribution in [0.4, 0.5) is 0 Å². The Hall–Kier alpha value is -0.0800. The predicted molar refractivity (Wildman–Crippen MR) is 53.0 cm³/mol. The highest BCUT2D eigenvalue weighted by Crippen LogP contribution is 2.24. The zero-order valence-corrected chi connectivity index (χ0v) is 8.85. The summed E-state index contributed by atoms with van der Waals surface area (Å²) in [5.74, 6) is 0.377. The summed E-state index contributed by atoms with van der Waals surface area (Å²) in [6, 6.07) is 0. The molecule has 0 aliphatic heterocycles. The molecule has 0 fully saturated rings. The lowest BCUT2D eigenvalue weighted by Gasteiger charge is -2.35. The van der Waals surface area contributed by atoms with Crippen molar-refractivity contribution >= 4 is 0 Å². The summed E-state index contributed by atoms with van der Waals surface area (Å²) >= 11 is 0. The van der Waals surface area contributed by atoms with Crippen LogP contribution in [0.2, 0.25) is 0 Å². The van der Waals surface area contributed by atoms with Crippen molar-refractivity contribution in [3.8, 4) is 0 Å². The second kappa shape index (κ2) is 5.55. The van der Waals surface area contributed by atoms with Crippen molar-refractivity contribution < 1.29 is 5.11 Å². The molecule has 2 nitrogen and oxygen atoms in total. The van der Waals surface area contributed by atoms with E-state index in [0.717, 1.165) is 25.8 Å². The Morgan fingerprint density at radius 1 is 1.17 bits per heavy atom. The van der Waals surface area contributed by atoms with E-state index in [-0.39, 0.29) is 0 Å². The van der Waals surface area contributed by atoms with Gasteiger partial charge in [0, 0.05) is 5.92 Å². The van der Waals surface area contributed by atoms with Gasteiger partial charge in [0.05, 0.1) is 0 Å². The van der Waals surface area contributed by atoms with Gasteiger partial charge in [0.2, 0.25) is 0 Å². The van der Waals surface area contributed by atoms with Crippen molar-refractivity contribution in [2.24, 2.45) is 5.92 Å². The van der Waals surface area contributed by atoms with Gasteiger partial charge in [0.25, 0.3) is 0 Å². The molecule has 0 aliphatic carbocycles. The van der Waals surface area contributed by atoms with E-state index < -0.39 is 5.72 Å². The van der Waals surface area contributed by atoms with Crippen LogP contribution in [-0.4, -0.2) is 17.4 Å². The molecule has 0 saturated carbocycles. The molecule has 0 aromatic carbocycles. The van der Waals surface area contributed by atoms with Crippen LogP contribution in [0.15, 0.2) is 0 Å². The van der Waals surface area contributed by atoms with E-state index in [4.69, 9.17) is 0 Å². The molecule has 0 aliphatic rings. The average Bonchev–Trinajstić information content (AvgIpc) is 2.07. The number of hydrogen-bond donors (Lipinski definition) is 2. The van der Waals surface area contributed by atoms with Crippen molar-refractivity contribution in [1.82, 2.24) is 5.32 Å². The van der Waals surface area contributed by atoms with Crippen LogP contribution >= 0.6 is 0 Å². The fourth-order valence-corrected chi connectivity index (χ4v) is 1.83. The minimum atomic E-state index is -0.641. The molecule has 0 aromatic rings. The van der Waals surface area contributed by atoms with E-state index in [1.165, 1.54) is 0 Å². The van der Waals surface area contributed by atoms with Crippen LogP contribution < -0.4 is 5.32 Å². The van der Waals surface area contributed by atoms with Gasteiger partial charge in [0.15, 0.2) is 0 Å². The van der Waals surface area contributed by atoms with Crippen LogP contribution in [0.25, 0.3) is 0 Å². The lowest BCUT2D eigenvalue weighted by atomic mass is 9.88. The summed E-state index contributed by atoms with van der Waals surface area (Å²) in [4.78, 5) is 0. The number of rotatable bonds is 6. The molecule has 0 radical (unpaired) electrons. The van der Waals surface area contributed by atoms with Gasteiger partial charge in [-0.2, -0.15) is 0 Å². The van der Waals surface area contributed by atoms with Gasteiger partial charge >= 0.3 is 0 Å². The topological polar surface area (TPSA) is 32.3 Å². The summed E-state index contributed by atoms with van der Waals surface area (Å²) in [5.41, 5.74) is -0.641. The monoisotopic (exact) mass is 173 g/mol. The third-order valence-electron chi connectivity index (χ3n) is 2.68. The fourth-order valence-electron chi connectivity index (χ4n) is 1.83.